The summed E-state index contributed by atoms with van der Waals surface area (Å²) < 4.78 is 41.6. The van der Waals surface area contributed by atoms with Crippen molar-refractivity contribution in [3.8, 4) is 0 Å². The number of hydrogen-bond acceptors (Lipinski definition) is 4. The number of hydrogen-bond donors (Lipinski definition) is 1. The predicted molar refractivity (Wildman–Crippen MR) is 114 cm³/mol. The number of carbonyl (C=O) groups excluding carboxylic acids is 1. The third-order valence-corrected chi connectivity index (χ3v) is 5.46. The van der Waals surface area contributed by atoms with E-state index >= 15 is 0 Å². The number of nitrogens with one attached hydrogen (secondary N) is 1. The standard InChI is InChI=1S/C21H18ClF3N6O/c1-11-8-15(29-30(11)3)10-31-19-17(12(2)28-31)18(22)16(9-26-19)20(32)27-14-6-4-13(5-7-14)21(23,24)25/h4-9H,10H2,1-3H3,(H,27,32). The summed E-state index contributed by atoms with van der Waals surface area (Å²) >= 11 is 6.52. The van der Waals surface area contributed by atoms with Crippen LogP contribution in [0, 0.1) is 13.8 Å². The first kappa shape index (κ1) is 21.8. The van der Waals surface area contributed by atoms with E-state index in [1.54, 1.807) is 16.3 Å². The van der Waals surface area contributed by atoms with Gasteiger partial charge in [0.15, 0.2) is 5.65 Å². The molecule has 1 amide bonds. The molecule has 0 unspecified atom stereocenters. The van der Waals surface area contributed by atoms with Crippen LogP contribution in [0.4, 0.5) is 18.9 Å². The van der Waals surface area contributed by atoms with Crippen LogP contribution in [-0.4, -0.2) is 30.5 Å². The minimum atomic E-state index is -4.45. The van der Waals surface area contributed by atoms with E-state index in [1.165, 1.54) is 18.3 Å². The Morgan fingerprint density at radius 1 is 1.16 bits per heavy atom. The molecule has 0 aliphatic heterocycles. The predicted octanol–water partition coefficient (Wildman–Crippen LogP) is 4.75. The van der Waals surface area contributed by atoms with Gasteiger partial charge in [-0.05, 0) is 44.2 Å². The van der Waals surface area contributed by atoms with Crippen molar-refractivity contribution in [3.05, 3.63) is 69.8 Å². The Morgan fingerprint density at radius 3 is 2.44 bits per heavy atom. The number of rotatable bonds is 4. The number of alkyl halides is 3. The molecule has 0 saturated carbocycles. The quantitative estimate of drug-likeness (QED) is 0.474. The second-order valence-corrected chi connectivity index (χ2v) is 7.74. The number of carbonyl (C=O) groups is 1. The van der Waals surface area contributed by atoms with E-state index in [-0.39, 0.29) is 16.3 Å². The van der Waals surface area contributed by atoms with Gasteiger partial charge in [0.25, 0.3) is 5.91 Å². The Morgan fingerprint density at radius 2 is 1.84 bits per heavy atom. The molecule has 0 saturated heterocycles. The van der Waals surface area contributed by atoms with E-state index < -0.39 is 17.6 Å². The number of nitrogens with zero attached hydrogens (tertiary/aromatic N) is 5. The van der Waals surface area contributed by atoms with Crippen molar-refractivity contribution < 1.29 is 18.0 Å². The zero-order chi connectivity index (χ0) is 23.2. The van der Waals surface area contributed by atoms with E-state index in [2.05, 4.69) is 20.5 Å². The number of benzene rings is 1. The second-order valence-electron chi connectivity index (χ2n) is 7.36. The maximum atomic E-state index is 12.7. The smallest absolute Gasteiger partial charge is 0.322 e. The maximum Gasteiger partial charge on any atom is 0.416 e. The van der Waals surface area contributed by atoms with E-state index in [0.29, 0.717) is 23.3 Å². The van der Waals surface area contributed by atoms with Crippen LogP contribution >= 0.6 is 11.6 Å². The lowest BCUT2D eigenvalue weighted by Gasteiger charge is -2.10. The number of halogens is 4. The van der Waals surface area contributed by atoms with E-state index in [0.717, 1.165) is 23.5 Å². The van der Waals surface area contributed by atoms with Crippen LogP contribution in [0.15, 0.2) is 36.5 Å². The van der Waals surface area contributed by atoms with Crippen molar-refractivity contribution in [2.75, 3.05) is 5.32 Å². The van der Waals surface area contributed by atoms with E-state index in [1.807, 2.05) is 20.0 Å². The van der Waals surface area contributed by atoms with Gasteiger partial charge in [-0.15, -0.1) is 0 Å². The van der Waals surface area contributed by atoms with Crippen molar-refractivity contribution in [1.29, 1.82) is 0 Å². The summed E-state index contributed by atoms with van der Waals surface area (Å²) in [5.74, 6) is -0.586. The fourth-order valence-corrected chi connectivity index (χ4v) is 3.71. The minimum absolute atomic E-state index is 0.0930. The lowest BCUT2D eigenvalue weighted by Crippen LogP contribution is -2.14. The summed E-state index contributed by atoms with van der Waals surface area (Å²) in [6.07, 6.45) is -3.13. The largest absolute Gasteiger partial charge is 0.416 e. The van der Waals surface area contributed by atoms with Crippen LogP contribution in [0.1, 0.15) is 33.0 Å². The molecule has 4 aromatic rings. The average molecular weight is 463 g/mol. The van der Waals surface area contributed by atoms with E-state index in [9.17, 15) is 18.0 Å². The molecular formula is C21H18ClF3N6O. The molecule has 1 N–H and O–H groups in total. The zero-order valence-electron chi connectivity index (χ0n) is 17.3. The molecule has 1 aromatic carbocycles. The lowest BCUT2D eigenvalue weighted by atomic mass is 10.1. The van der Waals surface area contributed by atoms with Gasteiger partial charge >= 0.3 is 6.18 Å². The van der Waals surface area contributed by atoms with Gasteiger partial charge in [0.05, 0.1) is 39.5 Å². The molecular weight excluding hydrogens is 445 g/mol. The van der Waals surface area contributed by atoms with Crippen LogP contribution in [0.2, 0.25) is 5.02 Å². The highest BCUT2D eigenvalue weighted by Crippen LogP contribution is 2.31. The Hall–Kier alpha value is -3.40. The van der Waals surface area contributed by atoms with Gasteiger partial charge in [-0.3, -0.25) is 9.48 Å². The summed E-state index contributed by atoms with van der Waals surface area (Å²) in [6.45, 7) is 4.08. The molecule has 3 heterocycles. The number of aryl methyl sites for hydroxylation is 3. The van der Waals surface area contributed by atoms with Crippen molar-refractivity contribution in [1.82, 2.24) is 24.5 Å². The first-order chi connectivity index (χ1) is 15.0. The number of aromatic nitrogens is 5. The van der Waals surface area contributed by atoms with Gasteiger partial charge in [-0.25, -0.2) is 9.67 Å². The monoisotopic (exact) mass is 462 g/mol. The molecule has 166 valence electrons. The summed E-state index contributed by atoms with van der Waals surface area (Å²) in [5, 5.41) is 12.1. The first-order valence-electron chi connectivity index (χ1n) is 9.54. The summed E-state index contributed by atoms with van der Waals surface area (Å²) in [6, 6.07) is 6.09. The van der Waals surface area contributed by atoms with Gasteiger partial charge in [0.2, 0.25) is 0 Å². The van der Waals surface area contributed by atoms with Gasteiger partial charge in [-0.1, -0.05) is 11.6 Å². The molecule has 11 heteroatoms. The molecule has 0 bridgehead atoms. The van der Waals surface area contributed by atoms with Crippen LogP contribution in [0.25, 0.3) is 11.0 Å². The molecule has 0 radical (unpaired) electrons. The maximum absolute atomic E-state index is 12.7. The van der Waals surface area contributed by atoms with Crippen LogP contribution in [0.5, 0.6) is 0 Å². The Kier molecular flexibility index (Phi) is 5.41. The molecule has 4 rings (SSSR count). The molecule has 7 nitrogen and oxygen atoms in total. The Labute approximate surface area is 185 Å². The molecule has 3 aromatic heterocycles. The van der Waals surface area contributed by atoms with Crippen LogP contribution in [0.3, 0.4) is 0 Å². The fourth-order valence-electron chi connectivity index (χ4n) is 3.35. The Balaban J connectivity index is 1.62. The molecule has 0 spiro atoms. The number of anilines is 1. The van der Waals surface area contributed by atoms with Gasteiger partial charge in [-0.2, -0.15) is 23.4 Å². The van der Waals surface area contributed by atoms with Crippen molar-refractivity contribution in [2.24, 2.45) is 7.05 Å². The van der Waals surface area contributed by atoms with Crippen molar-refractivity contribution in [2.45, 2.75) is 26.6 Å². The highest BCUT2D eigenvalue weighted by Gasteiger charge is 2.30. The molecule has 0 aliphatic rings. The number of amides is 1. The third-order valence-electron chi connectivity index (χ3n) is 5.06. The highest BCUT2D eigenvalue weighted by molar-refractivity contribution is 6.39. The second kappa shape index (κ2) is 7.94. The minimum Gasteiger partial charge on any atom is -0.322 e. The zero-order valence-corrected chi connectivity index (χ0v) is 18.1. The van der Waals surface area contributed by atoms with Crippen LogP contribution < -0.4 is 5.32 Å². The Bertz CT molecular complexity index is 1300. The first-order valence-corrected chi connectivity index (χ1v) is 9.92. The summed E-state index contributed by atoms with van der Waals surface area (Å²) in [5.41, 5.74) is 2.39. The fraction of sp³-hybridized carbons (Fsp3) is 0.238. The van der Waals surface area contributed by atoms with Gasteiger partial charge in [0.1, 0.15) is 0 Å². The molecule has 0 aliphatic carbocycles. The lowest BCUT2D eigenvalue weighted by molar-refractivity contribution is -0.137. The van der Waals surface area contributed by atoms with Gasteiger partial charge < -0.3 is 5.32 Å². The summed E-state index contributed by atoms with van der Waals surface area (Å²) in [7, 11) is 1.85. The SMILES string of the molecule is Cc1nn(Cc2cc(C)n(C)n2)c2ncc(C(=O)Nc3ccc(C(F)(F)F)cc3)c(Cl)c12. The molecule has 0 fully saturated rings. The summed E-state index contributed by atoms with van der Waals surface area (Å²) in [4.78, 5) is 17.1. The third kappa shape index (κ3) is 4.05. The molecule has 0 atom stereocenters. The molecule has 32 heavy (non-hydrogen) atoms. The number of pyridine rings is 1. The topological polar surface area (TPSA) is 77.6 Å². The highest BCUT2D eigenvalue weighted by atomic mass is 35.5. The van der Waals surface area contributed by atoms with Crippen LogP contribution in [-0.2, 0) is 19.8 Å². The van der Waals surface area contributed by atoms with Crippen molar-refractivity contribution >= 4 is 34.2 Å². The average Bonchev–Trinajstić information content (AvgIpc) is 3.20. The van der Waals surface area contributed by atoms with Crippen molar-refractivity contribution in [3.63, 3.8) is 0 Å². The normalized spacial score (nSPS) is 11.8. The van der Waals surface area contributed by atoms with Gasteiger partial charge in [0, 0.05) is 24.6 Å². The van der Waals surface area contributed by atoms with E-state index in [4.69, 9.17) is 11.6 Å². The number of fused-ring (bicyclic) bond motifs is 1.